The van der Waals surface area contributed by atoms with E-state index in [2.05, 4.69) is 28.0 Å². The average Bonchev–Trinajstić information content (AvgIpc) is 3.24. The summed E-state index contributed by atoms with van der Waals surface area (Å²) in [5, 5.41) is 0. The molecule has 0 amide bonds. The van der Waals surface area contributed by atoms with E-state index in [1.807, 2.05) is 13.0 Å². The lowest BCUT2D eigenvalue weighted by molar-refractivity contribution is 0.0806. The number of furan rings is 2. The molecule has 4 rings (SSSR count). The number of rotatable bonds is 4. The molecule has 1 atom stereocenters. The van der Waals surface area contributed by atoms with Crippen molar-refractivity contribution in [3.8, 4) is 0 Å². The third-order valence-electron chi connectivity index (χ3n) is 5.39. The maximum Gasteiger partial charge on any atom is 0.118 e. The Morgan fingerprint density at radius 1 is 1.00 bits per heavy atom. The largest absolute Gasteiger partial charge is 0.468 e. The van der Waals surface area contributed by atoms with Crippen LogP contribution in [-0.4, -0.2) is 36.0 Å². The molecule has 2 aromatic rings. The molecule has 2 aliphatic heterocycles. The minimum absolute atomic E-state index is 0.465. The fraction of sp³-hybridized carbons (Fsp3) is 0.579. The number of nitrogens with zero attached hydrogens (tertiary/aromatic N) is 2. The predicted octanol–water partition coefficient (Wildman–Crippen LogP) is 3.67. The van der Waals surface area contributed by atoms with Crippen molar-refractivity contribution < 1.29 is 8.83 Å². The second kappa shape index (κ2) is 6.17. The Labute approximate surface area is 138 Å². The Kier molecular flexibility index (Phi) is 4.04. The van der Waals surface area contributed by atoms with Crippen LogP contribution in [0.2, 0.25) is 0 Å². The molecular weight excluding hydrogens is 288 g/mol. The maximum atomic E-state index is 5.76. The first kappa shape index (κ1) is 15.0. The molecule has 1 spiro atoms. The van der Waals surface area contributed by atoms with Crippen molar-refractivity contribution in [3.63, 3.8) is 0 Å². The van der Waals surface area contributed by atoms with Gasteiger partial charge in [0.2, 0.25) is 0 Å². The fourth-order valence-electron chi connectivity index (χ4n) is 4.35. The summed E-state index contributed by atoms with van der Waals surface area (Å²) in [6.07, 6.45) is 5.74. The molecule has 2 saturated heterocycles. The molecular formula is C19H26N2O2. The maximum absolute atomic E-state index is 5.76. The van der Waals surface area contributed by atoms with Crippen LogP contribution in [0.1, 0.15) is 36.5 Å². The first-order valence-corrected chi connectivity index (χ1v) is 8.73. The van der Waals surface area contributed by atoms with Crippen LogP contribution in [-0.2, 0) is 13.1 Å². The van der Waals surface area contributed by atoms with E-state index < -0.39 is 0 Å². The van der Waals surface area contributed by atoms with E-state index >= 15 is 0 Å². The first-order chi connectivity index (χ1) is 11.2. The van der Waals surface area contributed by atoms with Crippen molar-refractivity contribution in [1.29, 1.82) is 0 Å². The highest BCUT2D eigenvalue weighted by Gasteiger charge is 2.41. The lowest BCUT2D eigenvalue weighted by Crippen LogP contribution is -2.44. The Morgan fingerprint density at radius 3 is 2.57 bits per heavy atom. The standard InChI is InChI=1S/C19H26N2O2/c1-16-5-6-18(23-16)13-20-9-3-7-19(14-20)8-10-21(15-19)12-17-4-2-11-22-17/h2,4-6,11H,3,7-10,12-15H2,1H3. The van der Waals surface area contributed by atoms with Crippen molar-refractivity contribution in [3.05, 3.63) is 47.8 Å². The number of hydrogen-bond donors (Lipinski definition) is 0. The quantitative estimate of drug-likeness (QED) is 0.862. The molecule has 0 radical (unpaired) electrons. The van der Waals surface area contributed by atoms with Gasteiger partial charge in [-0.1, -0.05) is 0 Å². The van der Waals surface area contributed by atoms with Crippen LogP contribution in [0.5, 0.6) is 0 Å². The molecule has 0 aliphatic carbocycles. The molecule has 1 unspecified atom stereocenters. The molecule has 2 aliphatic rings. The monoisotopic (exact) mass is 314 g/mol. The molecule has 0 N–H and O–H groups in total. The Morgan fingerprint density at radius 2 is 1.83 bits per heavy atom. The number of likely N-dealkylation sites (tertiary alicyclic amines) is 2. The van der Waals surface area contributed by atoms with Crippen LogP contribution in [0.3, 0.4) is 0 Å². The Hall–Kier alpha value is -1.52. The summed E-state index contributed by atoms with van der Waals surface area (Å²) < 4.78 is 11.3. The van der Waals surface area contributed by atoms with Crippen molar-refractivity contribution in [2.45, 2.75) is 39.3 Å². The number of aryl methyl sites for hydroxylation is 1. The SMILES string of the molecule is Cc1ccc(CN2CCCC3(CCN(Cc4ccco4)C3)C2)o1. The van der Waals surface area contributed by atoms with Crippen LogP contribution in [0.25, 0.3) is 0 Å². The highest BCUT2D eigenvalue weighted by atomic mass is 16.3. The highest BCUT2D eigenvalue weighted by Crippen LogP contribution is 2.39. The minimum Gasteiger partial charge on any atom is -0.468 e. The van der Waals surface area contributed by atoms with E-state index in [1.165, 1.54) is 45.4 Å². The molecule has 0 bridgehead atoms. The van der Waals surface area contributed by atoms with Gasteiger partial charge in [-0.3, -0.25) is 9.80 Å². The first-order valence-electron chi connectivity index (χ1n) is 8.73. The summed E-state index contributed by atoms with van der Waals surface area (Å²) in [4.78, 5) is 5.14. The van der Waals surface area contributed by atoms with E-state index in [4.69, 9.17) is 8.83 Å². The van der Waals surface area contributed by atoms with Gasteiger partial charge < -0.3 is 8.83 Å². The second-order valence-electron chi connectivity index (χ2n) is 7.37. The smallest absolute Gasteiger partial charge is 0.118 e. The predicted molar refractivity (Wildman–Crippen MR) is 89.0 cm³/mol. The molecule has 4 nitrogen and oxygen atoms in total. The summed E-state index contributed by atoms with van der Waals surface area (Å²) in [6.45, 7) is 8.70. The van der Waals surface area contributed by atoms with Crippen LogP contribution < -0.4 is 0 Å². The highest BCUT2D eigenvalue weighted by molar-refractivity contribution is 5.06. The molecule has 124 valence electrons. The molecule has 4 heteroatoms. The topological polar surface area (TPSA) is 32.8 Å². The lowest BCUT2D eigenvalue weighted by Gasteiger charge is -2.40. The minimum atomic E-state index is 0.465. The molecule has 4 heterocycles. The van der Waals surface area contributed by atoms with Gasteiger partial charge in [0.15, 0.2) is 0 Å². The summed E-state index contributed by atoms with van der Waals surface area (Å²) in [6, 6.07) is 8.25. The normalized spacial score (nSPS) is 26.3. The number of hydrogen-bond acceptors (Lipinski definition) is 4. The Bertz CT molecular complexity index is 634. The zero-order chi connectivity index (χ0) is 15.7. The van der Waals surface area contributed by atoms with Gasteiger partial charge in [0.1, 0.15) is 17.3 Å². The van der Waals surface area contributed by atoms with E-state index in [1.54, 1.807) is 6.26 Å². The summed E-state index contributed by atoms with van der Waals surface area (Å²) in [5.41, 5.74) is 0.465. The second-order valence-corrected chi connectivity index (χ2v) is 7.37. The van der Waals surface area contributed by atoms with Crippen LogP contribution >= 0.6 is 0 Å². The van der Waals surface area contributed by atoms with Crippen molar-refractivity contribution in [1.82, 2.24) is 9.80 Å². The van der Waals surface area contributed by atoms with E-state index in [0.29, 0.717) is 5.41 Å². The van der Waals surface area contributed by atoms with Gasteiger partial charge in [-0.25, -0.2) is 0 Å². The zero-order valence-electron chi connectivity index (χ0n) is 14.0. The van der Waals surface area contributed by atoms with Gasteiger partial charge in [-0.05, 0) is 69.0 Å². The van der Waals surface area contributed by atoms with Gasteiger partial charge in [-0.2, -0.15) is 0 Å². The van der Waals surface area contributed by atoms with Crippen LogP contribution in [0, 0.1) is 12.3 Å². The molecule has 2 fully saturated rings. The van der Waals surface area contributed by atoms with Gasteiger partial charge in [0.25, 0.3) is 0 Å². The molecule has 2 aromatic heterocycles. The summed E-state index contributed by atoms with van der Waals surface area (Å²) >= 11 is 0. The Balaban J connectivity index is 1.37. The van der Waals surface area contributed by atoms with E-state index in [-0.39, 0.29) is 0 Å². The molecule has 0 saturated carbocycles. The summed E-state index contributed by atoms with van der Waals surface area (Å²) in [7, 11) is 0. The fourth-order valence-corrected chi connectivity index (χ4v) is 4.35. The van der Waals surface area contributed by atoms with Gasteiger partial charge in [-0.15, -0.1) is 0 Å². The van der Waals surface area contributed by atoms with E-state index in [0.717, 1.165) is 30.4 Å². The zero-order valence-corrected chi connectivity index (χ0v) is 14.0. The van der Waals surface area contributed by atoms with Gasteiger partial charge >= 0.3 is 0 Å². The third kappa shape index (κ3) is 3.38. The van der Waals surface area contributed by atoms with E-state index in [9.17, 15) is 0 Å². The van der Waals surface area contributed by atoms with Crippen molar-refractivity contribution in [2.24, 2.45) is 5.41 Å². The van der Waals surface area contributed by atoms with Gasteiger partial charge in [0.05, 0.1) is 19.4 Å². The summed E-state index contributed by atoms with van der Waals surface area (Å²) in [5.74, 6) is 3.20. The average molecular weight is 314 g/mol. The van der Waals surface area contributed by atoms with Crippen LogP contribution in [0.15, 0.2) is 39.4 Å². The molecule has 23 heavy (non-hydrogen) atoms. The lowest BCUT2D eigenvalue weighted by atomic mass is 9.79. The van der Waals surface area contributed by atoms with Gasteiger partial charge in [0, 0.05) is 13.1 Å². The van der Waals surface area contributed by atoms with Crippen molar-refractivity contribution in [2.75, 3.05) is 26.2 Å². The molecule has 0 aromatic carbocycles. The van der Waals surface area contributed by atoms with Crippen LogP contribution in [0.4, 0.5) is 0 Å². The third-order valence-corrected chi connectivity index (χ3v) is 5.39. The number of piperidine rings is 1. The van der Waals surface area contributed by atoms with Crippen molar-refractivity contribution >= 4 is 0 Å².